The maximum Gasteiger partial charge on any atom is 0.308 e. The maximum atomic E-state index is 15.3. The Hall–Kier alpha value is -3.78. The fourth-order valence-electron chi connectivity index (χ4n) is 5.06. The van der Waals surface area contributed by atoms with Gasteiger partial charge in [-0.3, -0.25) is 19.2 Å². The lowest BCUT2D eigenvalue weighted by atomic mass is 9.85. The Morgan fingerprint density at radius 3 is 2.44 bits per heavy atom. The number of methoxy groups -OCH3 is 1. The van der Waals surface area contributed by atoms with Gasteiger partial charge in [0.2, 0.25) is 5.56 Å². The van der Waals surface area contributed by atoms with E-state index in [-0.39, 0.29) is 41.3 Å². The fourth-order valence-corrected chi connectivity index (χ4v) is 5.33. The van der Waals surface area contributed by atoms with Crippen molar-refractivity contribution in [3.05, 3.63) is 104 Å². The zero-order valence-corrected chi connectivity index (χ0v) is 22.5. The molecule has 2 aromatic carbocycles. The standard InChI is InChI=1S/C30H30ClFN2O5/c1-34-17-20(10-14-28(34)36)27(35)16-24(22-5-3-4-6-25(22)31)19-9-13-23(26(32)15-19)29(37)33-21-11-7-18(8-12-21)30(38)39-2/h3-6,9-10,13-15,17-18,21,24H,7-8,11-12,16H2,1-2H3,(H,33,37)/t18-,21-,24?. The molecule has 1 atom stereocenters. The third kappa shape index (κ3) is 6.63. The largest absolute Gasteiger partial charge is 0.469 e. The van der Waals surface area contributed by atoms with Crippen molar-refractivity contribution in [1.82, 2.24) is 9.88 Å². The Labute approximate surface area is 230 Å². The summed E-state index contributed by atoms with van der Waals surface area (Å²) in [5.41, 5.74) is 1.16. The van der Waals surface area contributed by atoms with Gasteiger partial charge in [0, 0.05) is 48.3 Å². The van der Waals surface area contributed by atoms with Crippen molar-refractivity contribution in [3.63, 3.8) is 0 Å². The lowest BCUT2D eigenvalue weighted by Crippen LogP contribution is -2.39. The quantitative estimate of drug-likeness (QED) is 0.312. The van der Waals surface area contributed by atoms with Crippen LogP contribution in [0.5, 0.6) is 0 Å². The lowest BCUT2D eigenvalue weighted by molar-refractivity contribution is -0.146. The summed E-state index contributed by atoms with van der Waals surface area (Å²) >= 11 is 6.47. The van der Waals surface area contributed by atoms with Crippen LogP contribution < -0.4 is 10.9 Å². The van der Waals surface area contributed by atoms with Gasteiger partial charge in [0.05, 0.1) is 18.6 Å². The number of esters is 1. The van der Waals surface area contributed by atoms with Crippen LogP contribution in [0.4, 0.5) is 4.39 Å². The number of ketones is 1. The number of benzene rings is 2. The minimum atomic E-state index is -0.708. The Kier molecular flexibility index (Phi) is 8.97. The first-order chi connectivity index (χ1) is 18.7. The molecule has 0 spiro atoms. The van der Waals surface area contributed by atoms with E-state index in [1.807, 2.05) is 0 Å². The van der Waals surface area contributed by atoms with Crippen LogP contribution in [0, 0.1) is 11.7 Å². The lowest BCUT2D eigenvalue weighted by Gasteiger charge is -2.27. The average Bonchev–Trinajstić information content (AvgIpc) is 2.93. The summed E-state index contributed by atoms with van der Waals surface area (Å²) in [6.07, 6.45) is 3.86. The molecule has 0 radical (unpaired) electrons. The number of amides is 1. The molecule has 39 heavy (non-hydrogen) atoms. The van der Waals surface area contributed by atoms with Crippen LogP contribution in [0.2, 0.25) is 5.02 Å². The number of Topliss-reactive ketones (excluding diaryl/α,β-unsaturated/α-hetero) is 1. The Balaban J connectivity index is 1.54. The predicted octanol–water partition coefficient (Wildman–Crippen LogP) is 5.04. The van der Waals surface area contributed by atoms with Crippen molar-refractivity contribution in [2.24, 2.45) is 13.0 Å². The van der Waals surface area contributed by atoms with Crippen molar-refractivity contribution in [1.29, 1.82) is 0 Å². The second kappa shape index (κ2) is 12.4. The number of carbonyl (C=O) groups excluding carboxylic acids is 3. The first-order valence-corrected chi connectivity index (χ1v) is 13.2. The van der Waals surface area contributed by atoms with Gasteiger partial charge in [-0.25, -0.2) is 4.39 Å². The van der Waals surface area contributed by atoms with Crippen LogP contribution in [0.25, 0.3) is 0 Å². The van der Waals surface area contributed by atoms with Gasteiger partial charge in [-0.2, -0.15) is 0 Å². The first-order valence-electron chi connectivity index (χ1n) is 12.8. The van der Waals surface area contributed by atoms with E-state index in [2.05, 4.69) is 5.32 Å². The number of halogens is 2. The molecule has 1 unspecified atom stereocenters. The van der Waals surface area contributed by atoms with Crippen LogP contribution in [-0.4, -0.2) is 35.4 Å². The van der Waals surface area contributed by atoms with Gasteiger partial charge in [0.1, 0.15) is 5.82 Å². The molecule has 1 aliphatic carbocycles. The van der Waals surface area contributed by atoms with Gasteiger partial charge < -0.3 is 14.6 Å². The van der Waals surface area contributed by atoms with Crippen molar-refractivity contribution in [2.75, 3.05) is 7.11 Å². The molecule has 7 nitrogen and oxygen atoms in total. The van der Waals surface area contributed by atoms with Gasteiger partial charge in [-0.1, -0.05) is 35.9 Å². The third-order valence-electron chi connectivity index (χ3n) is 7.32. The molecule has 9 heteroatoms. The highest BCUT2D eigenvalue weighted by Gasteiger charge is 2.29. The summed E-state index contributed by atoms with van der Waals surface area (Å²) < 4.78 is 21.5. The van der Waals surface area contributed by atoms with Crippen molar-refractivity contribution in [2.45, 2.75) is 44.1 Å². The van der Waals surface area contributed by atoms with Crippen molar-refractivity contribution in [3.8, 4) is 0 Å². The number of aromatic nitrogens is 1. The van der Waals surface area contributed by atoms with Crippen LogP contribution in [0.1, 0.15) is 69.9 Å². The number of carbonyl (C=O) groups is 3. The highest BCUT2D eigenvalue weighted by Crippen LogP contribution is 2.35. The van der Waals surface area contributed by atoms with E-state index in [0.29, 0.717) is 47.4 Å². The van der Waals surface area contributed by atoms with Crippen molar-refractivity contribution >= 4 is 29.3 Å². The molecule has 0 aliphatic heterocycles. The molecular weight excluding hydrogens is 523 g/mol. The number of ether oxygens (including phenoxy) is 1. The smallest absolute Gasteiger partial charge is 0.308 e. The van der Waals surface area contributed by atoms with Crippen LogP contribution in [0.3, 0.4) is 0 Å². The number of hydrogen-bond donors (Lipinski definition) is 1. The molecule has 1 N–H and O–H groups in total. The first kappa shape index (κ1) is 28.2. The van der Waals surface area contributed by atoms with Gasteiger partial charge in [-0.05, 0) is 61.1 Å². The molecule has 0 saturated heterocycles. The number of aryl methyl sites for hydroxylation is 1. The molecular formula is C30H30ClFN2O5. The molecule has 1 saturated carbocycles. The number of nitrogens with one attached hydrogen (secondary N) is 1. The van der Waals surface area contributed by atoms with E-state index in [0.717, 1.165) is 0 Å². The molecule has 1 aromatic heterocycles. The summed E-state index contributed by atoms with van der Waals surface area (Å²) in [6, 6.07) is 14.0. The molecule has 204 valence electrons. The van der Waals surface area contributed by atoms with Crippen LogP contribution in [0.15, 0.2) is 65.6 Å². The summed E-state index contributed by atoms with van der Waals surface area (Å²) in [7, 11) is 2.93. The number of hydrogen-bond acceptors (Lipinski definition) is 5. The van der Waals surface area contributed by atoms with Gasteiger partial charge in [-0.15, -0.1) is 0 Å². The van der Waals surface area contributed by atoms with E-state index < -0.39 is 17.6 Å². The van der Waals surface area contributed by atoms with E-state index in [1.165, 1.54) is 42.1 Å². The van der Waals surface area contributed by atoms with E-state index in [1.54, 1.807) is 37.4 Å². The van der Waals surface area contributed by atoms with Crippen molar-refractivity contribution < 1.29 is 23.5 Å². The Morgan fingerprint density at radius 2 is 1.79 bits per heavy atom. The second-order valence-corrected chi connectivity index (χ2v) is 10.3. The molecule has 4 rings (SSSR count). The molecule has 0 bridgehead atoms. The summed E-state index contributed by atoms with van der Waals surface area (Å²) in [5.74, 6) is -2.48. The fraction of sp³-hybridized carbons (Fsp3) is 0.333. The number of pyridine rings is 1. The number of nitrogens with zero attached hydrogens (tertiary/aromatic N) is 1. The van der Waals surface area contributed by atoms with Gasteiger partial charge >= 0.3 is 5.97 Å². The molecule has 1 aliphatic rings. The average molecular weight is 553 g/mol. The SMILES string of the molecule is COC(=O)[C@H]1CC[C@H](NC(=O)c2ccc(C(CC(=O)c3ccc(=O)n(C)c3)c3ccccc3Cl)cc2F)CC1. The molecule has 1 amide bonds. The van der Waals surface area contributed by atoms with E-state index >= 15 is 4.39 Å². The minimum Gasteiger partial charge on any atom is -0.469 e. The number of rotatable bonds is 8. The second-order valence-electron chi connectivity index (χ2n) is 9.85. The van der Waals surface area contributed by atoms with Gasteiger partial charge in [0.15, 0.2) is 5.78 Å². The highest BCUT2D eigenvalue weighted by molar-refractivity contribution is 6.31. The Bertz CT molecular complexity index is 1450. The zero-order chi connectivity index (χ0) is 28.1. The Morgan fingerprint density at radius 1 is 1.08 bits per heavy atom. The maximum absolute atomic E-state index is 15.3. The normalized spacial score (nSPS) is 17.7. The van der Waals surface area contributed by atoms with Crippen LogP contribution in [-0.2, 0) is 16.6 Å². The zero-order valence-electron chi connectivity index (χ0n) is 21.8. The molecule has 1 heterocycles. The third-order valence-corrected chi connectivity index (χ3v) is 7.66. The highest BCUT2D eigenvalue weighted by atomic mass is 35.5. The minimum absolute atomic E-state index is 0.0175. The molecule has 3 aromatic rings. The summed E-state index contributed by atoms with van der Waals surface area (Å²) in [5, 5.41) is 3.30. The monoisotopic (exact) mass is 552 g/mol. The van der Waals surface area contributed by atoms with Gasteiger partial charge in [0.25, 0.3) is 5.91 Å². The predicted molar refractivity (Wildman–Crippen MR) is 146 cm³/mol. The van der Waals surface area contributed by atoms with Crippen LogP contribution >= 0.6 is 11.6 Å². The van der Waals surface area contributed by atoms with E-state index in [9.17, 15) is 19.2 Å². The molecule has 1 fully saturated rings. The summed E-state index contributed by atoms with van der Waals surface area (Å²) in [6.45, 7) is 0. The summed E-state index contributed by atoms with van der Waals surface area (Å²) in [4.78, 5) is 49.6. The van der Waals surface area contributed by atoms with E-state index in [4.69, 9.17) is 16.3 Å². The topological polar surface area (TPSA) is 94.5 Å².